The molecule has 0 aromatic heterocycles. The average Bonchev–Trinajstić information content (AvgIpc) is 2.65. The first-order chi connectivity index (χ1) is 7.19. The van der Waals surface area contributed by atoms with Gasteiger partial charge in [-0.15, -0.1) is 0 Å². The van der Waals surface area contributed by atoms with Crippen LogP contribution in [-0.4, -0.2) is 41.9 Å². The summed E-state index contributed by atoms with van der Waals surface area (Å²) in [5, 5.41) is 21.0. The van der Waals surface area contributed by atoms with Gasteiger partial charge in [0.25, 0.3) is 0 Å². The molecule has 0 amide bonds. The number of allylic oxidation sites excluding steroid dienone is 1. The number of carbonyl (C=O) groups excluding carboxylic acids is 1. The molecule has 1 rings (SSSR count). The monoisotopic (exact) mass is 211 g/mol. The van der Waals surface area contributed by atoms with Crippen molar-refractivity contribution in [3.05, 3.63) is 11.9 Å². The third-order valence-electron chi connectivity index (χ3n) is 1.93. The van der Waals surface area contributed by atoms with Crippen LogP contribution in [0.15, 0.2) is 11.9 Å². The predicted molar refractivity (Wildman–Crippen MR) is 51.0 cm³/mol. The van der Waals surface area contributed by atoms with E-state index in [1.165, 1.54) is 6.20 Å². The lowest BCUT2D eigenvalue weighted by molar-refractivity contribution is -0.153. The number of nitrogens with one attached hydrogen (secondary N) is 1. The zero-order chi connectivity index (χ0) is 11.3. The molecule has 0 radical (unpaired) electrons. The van der Waals surface area contributed by atoms with Gasteiger partial charge in [0.05, 0.1) is 19.8 Å². The van der Waals surface area contributed by atoms with Crippen molar-refractivity contribution in [1.29, 1.82) is 5.26 Å². The molecule has 1 aliphatic heterocycles. The van der Waals surface area contributed by atoms with E-state index in [2.05, 4.69) is 10.1 Å². The third-order valence-corrected chi connectivity index (χ3v) is 1.93. The van der Waals surface area contributed by atoms with Crippen LogP contribution in [0.4, 0.5) is 0 Å². The van der Waals surface area contributed by atoms with E-state index >= 15 is 0 Å². The number of aliphatic hydroxyl groups is 1. The van der Waals surface area contributed by atoms with E-state index in [0.29, 0.717) is 12.4 Å². The smallest absolute Gasteiger partial charge is 0.336 e. The molecule has 0 bridgehead atoms. The number of β-amino-alcohol motifs (C(OH)–C–C–N with tert-alkyl or cyclic N) is 1. The van der Waals surface area contributed by atoms with Crippen LogP contribution >= 0.6 is 0 Å². The summed E-state index contributed by atoms with van der Waals surface area (Å²) in [5.74, 6) is -0.665. The molecule has 0 spiro atoms. The maximum atomic E-state index is 11.1. The Labute approximate surface area is 87.7 Å². The summed E-state index contributed by atoms with van der Waals surface area (Å²) in [6, 6.07) is 1.95. The molecule has 0 aromatic carbocycles. The molecule has 15 heavy (non-hydrogen) atoms. The predicted octanol–water partition coefficient (Wildman–Crippen LogP) is -0.862. The second kappa shape index (κ2) is 5.22. The SMILES string of the molecule is CCOC(=O)[C@H](O)CN1CNC=C1C#N. The number of rotatable bonds is 4. The van der Waals surface area contributed by atoms with Crippen LogP contribution in [0.2, 0.25) is 0 Å². The highest BCUT2D eigenvalue weighted by Gasteiger charge is 2.23. The third kappa shape index (κ3) is 2.86. The van der Waals surface area contributed by atoms with Crippen molar-refractivity contribution in [3.8, 4) is 6.07 Å². The van der Waals surface area contributed by atoms with E-state index in [1.807, 2.05) is 6.07 Å². The average molecular weight is 211 g/mol. The van der Waals surface area contributed by atoms with Gasteiger partial charge in [-0.3, -0.25) is 0 Å². The van der Waals surface area contributed by atoms with Gasteiger partial charge in [0, 0.05) is 6.20 Å². The molecule has 0 aliphatic carbocycles. The minimum atomic E-state index is -1.22. The first-order valence-corrected chi connectivity index (χ1v) is 4.62. The van der Waals surface area contributed by atoms with E-state index < -0.39 is 12.1 Å². The number of esters is 1. The fourth-order valence-corrected chi connectivity index (χ4v) is 1.22. The molecule has 0 saturated carbocycles. The highest BCUT2D eigenvalue weighted by atomic mass is 16.5. The summed E-state index contributed by atoms with van der Waals surface area (Å²) >= 11 is 0. The van der Waals surface area contributed by atoms with Crippen molar-refractivity contribution < 1.29 is 14.6 Å². The quantitative estimate of drug-likeness (QED) is 0.588. The topological polar surface area (TPSA) is 85.6 Å². The summed E-state index contributed by atoms with van der Waals surface area (Å²) in [7, 11) is 0. The van der Waals surface area contributed by atoms with E-state index in [-0.39, 0.29) is 13.2 Å². The first-order valence-electron chi connectivity index (χ1n) is 4.62. The normalized spacial score (nSPS) is 16.3. The van der Waals surface area contributed by atoms with Gasteiger partial charge in [0.1, 0.15) is 11.8 Å². The lowest BCUT2D eigenvalue weighted by atomic mass is 10.3. The summed E-state index contributed by atoms with van der Waals surface area (Å²) in [6.45, 7) is 2.38. The van der Waals surface area contributed by atoms with Crippen molar-refractivity contribution in [2.24, 2.45) is 0 Å². The van der Waals surface area contributed by atoms with E-state index in [1.54, 1.807) is 11.8 Å². The Morgan fingerprint density at radius 1 is 1.93 bits per heavy atom. The number of carbonyl (C=O) groups is 1. The summed E-state index contributed by atoms with van der Waals surface area (Å²) in [4.78, 5) is 12.7. The fourth-order valence-electron chi connectivity index (χ4n) is 1.22. The number of nitriles is 1. The largest absolute Gasteiger partial charge is 0.464 e. The second-order valence-corrected chi connectivity index (χ2v) is 2.99. The number of aliphatic hydroxyl groups excluding tert-OH is 1. The molecule has 0 aromatic rings. The van der Waals surface area contributed by atoms with Crippen LogP contribution in [0.25, 0.3) is 0 Å². The summed E-state index contributed by atoms with van der Waals surface area (Å²) < 4.78 is 4.64. The Hall–Kier alpha value is -1.74. The van der Waals surface area contributed by atoms with Gasteiger partial charge < -0.3 is 20.1 Å². The van der Waals surface area contributed by atoms with Gasteiger partial charge >= 0.3 is 5.97 Å². The van der Waals surface area contributed by atoms with Gasteiger partial charge in [-0.2, -0.15) is 5.26 Å². The van der Waals surface area contributed by atoms with Gasteiger partial charge in [-0.1, -0.05) is 0 Å². The lowest BCUT2D eigenvalue weighted by Crippen LogP contribution is -2.37. The molecule has 0 unspecified atom stereocenters. The van der Waals surface area contributed by atoms with Crippen molar-refractivity contribution in [3.63, 3.8) is 0 Å². The van der Waals surface area contributed by atoms with Crippen molar-refractivity contribution in [2.45, 2.75) is 13.0 Å². The second-order valence-electron chi connectivity index (χ2n) is 2.99. The summed E-state index contributed by atoms with van der Waals surface area (Å²) in [6.07, 6.45) is 0.319. The van der Waals surface area contributed by atoms with E-state index in [9.17, 15) is 9.90 Å². The van der Waals surface area contributed by atoms with Crippen LogP contribution in [0, 0.1) is 11.3 Å². The van der Waals surface area contributed by atoms with Crippen LogP contribution in [-0.2, 0) is 9.53 Å². The number of nitrogens with zero attached hydrogens (tertiary/aromatic N) is 2. The van der Waals surface area contributed by atoms with Gasteiger partial charge in [0.15, 0.2) is 6.10 Å². The first kappa shape index (κ1) is 11.3. The Bertz CT molecular complexity index is 308. The molecule has 1 aliphatic rings. The van der Waals surface area contributed by atoms with Gasteiger partial charge in [0.2, 0.25) is 0 Å². The summed E-state index contributed by atoms with van der Waals surface area (Å²) in [5.41, 5.74) is 0.401. The molecule has 0 fully saturated rings. The Morgan fingerprint density at radius 2 is 2.67 bits per heavy atom. The van der Waals surface area contributed by atoms with Crippen LogP contribution < -0.4 is 5.32 Å². The molecular formula is C9H13N3O3. The standard InChI is InChI=1S/C9H13N3O3/c1-2-15-9(14)8(13)5-12-6-11-4-7(12)3-10/h4,8,11,13H,2,5-6H2,1H3/t8-/m1/s1. The Kier molecular flexibility index (Phi) is 3.94. The van der Waals surface area contributed by atoms with Gasteiger partial charge in [-0.25, -0.2) is 4.79 Å². The van der Waals surface area contributed by atoms with Crippen LogP contribution in [0.5, 0.6) is 0 Å². The van der Waals surface area contributed by atoms with E-state index in [4.69, 9.17) is 5.26 Å². The van der Waals surface area contributed by atoms with Crippen LogP contribution in [0.3, 0.4) is 0 Å². The zero-order valence-corrected chi connectivity index (χ0v) is 8.43. The maximum absolute atomic E-state index is 11.1. The Morgan fingerprint density at radius 3 is 3.27 bits per heavy atom. The molecule has 2 N–H and O–H groups in total. The van der Waals surface area contributed by atoms with Crippen molar-refractivity contribution in [2.75, 3.05) is 19.8 Å². The molecule has 1 atom stereocenters. The minimum Gasteiger partial charge on any atom is -0.464 e. The minimum absolute atomic E-state index is 0.0607. The lowest BCUT2D eigenvalue weighted by Gasteiger charge is -2.19. The fraction of sp³-hybridized carbons (Fsp3) is 0.556. The number of hydrogen-bond acceptors (Lipinski definition) is 6. The number of hydrogen-bond donors (Lipinski definition) is 2. The highest BCUT2D eigenvalue weighted by molar-refractivity contribution is 5.74. The van der Waals surface area contributed by atoms with Gasteiger partial charge in [-0.05, 0) is 6.92 Å². The Balaban J connectivity index is 2.45. The molecule has 1 heterocycles. The van der Waals surface area contributed by atoms with Crippen molar-refractivity contribution >= 4 is 5.97 Å². The molecule has 0 saturated heterocycles. The zero-order valence-electron chi connectivity index (χ0n) is 8.43. The number of ether oxygens (including phenoxy) is 1. The highest BCUT2D eigenvalue weighted by Crippen LogP contribution is 2.07. The van der Waals surface area contributed by atoms with E-state index in [0.717, 1.165) is 0 Å². The maximum Gasteiger partial charge on any atom is 0.336 e. The van der Waals surface area contributed by atoms with Crippen molar-refractivity contribution in [1.82, 2.24) is 10.2 Å². The molecule has 82 valence electrons. The molecule has 6 nitrogen and oxygen atoms in total. The molecular weight excluding hydrogens is 198 g/mol. The van der Waals surface area contributed by atoms with Crippen LogP contribution in [0.1, 0.15) is 6.92 Å². The molecule has 6 heteroatoms.